The van der Waals surface area contributed by atoms with Gasteiger partial charge in [-0.3, -0.25) is 0 Å². The van der Waals surface area contributed by atoms with Gasteiger partial charge in [0, 0.05) is 18.0 Å². The minimum absolute atomic E-state index is 0.360. The SMILES string of the molecule is COc1ccc(C(O)CNC(C)C)c2ccccc12. The number of hydrogen-bond donors (Lipinski definition) is 2. The summed E-state index contributed by atoms with van der Waals surface area (Å²) >= 11 is 0. The molecule has 0 heterocycles. The molecular formula is C16H21NO2. The number of ether oxygens (including phenoxy) is 1. The van der Waals surface area contributed by atoms with Gasteiger partial charge in [0.05, 0.1) is 13.2 Å². The summed E-state index contributed by atoms with van der Waals surface area (Å²) in [6.07, 6.45) is -0.516. The predicted molar refractivity (Wildman–Crippen MR) is 78.6 cm³/mol. The molecule has 0 aliphatic carbocycles. The van der Waals surface area contributed by atoms with Gasteiger partial charge < -0.3 is 15.2 Å². The Morgan fingerprint density at radius 3 is 2.42 bits per heavy atom. The predicted octanol–water partition coefficient (Wildman–Crippen LogP) is 2.88. The molecule has 2 rings (SSSR count). The van der Waals surface area contributed by atoms with Crippen molar-refractivity contribution >= 4 is 10.8 Å². The van der Waals surface area contributed by atoms with Gasteiger partial charge in [-0.15, -0.1) is 0 Å². The van der Waals surface area contributed by atoms with Crippen LogP contribution >= 0.6 is 0 Å². The van der Waals surface area contributed by atoms with Crippen LogP contribution in [-0.2, 0) is 0 Å². The first-order valence-corrected chi connectivity index (χ1v) is 6.60. The van der Waals surface area contributed by atoms with Gasteiger partial charge in [-0.05, 0) is 17.0 Å². The van der Waals surface area contributed by atoms with Crippen LogP contribution < -0.4 is 10.1 Å². The van der Waals surface area contributed by atoms with Gasteiger partial charge in [-0.2, -0.15) is 0 Å². The maximum Gasteiger partial charge on any atom is 0.126 e. The van der Waals surface area contributed by atoms with Gasteiger partial charge in [0.2, 0.25) is 0 Å². The zero-order valence-corrected chi connectivity index (χ0v) is 11.7. The van der Waals surface area contributed by atoms with E-state index in [1.807, 2.05) is 36.4 Å². The first kappa shape index (κ1) is 13.8. The van der Waals surface area contributed by atoms with Crippen LogP contribution in [0.1, 0.15) is 25.5 Å². The zero-order valence-electron chi connectivity index (χ0n) is 11.7. The monoisotopic (exact) mass is 259 g/mol. The Bertz CT molecular complexity index is 551. The molecular weight excluding hydrogens is 238 g/mol. The van der Waals surface area contributed by atoms with Crippen LogP contribution in [0.2, 0.25) is 0 Å². The van der Waals surface area contributed by atoms with Crippen LogP contribution in [0.3, 0.4) is 0 Å². The second-order valence-electron chi connectivity index (χ2n) is 4.98. The highest BCUT2D eigenvalue weighted by Crippen LogP contribution is 2.31. The minimum atomic E-state index is -0.516. The molecule has 0 bridgehead atoms. The Hall–Kier alpha value is -1.58. The largest absolute Gasteiger partial charge is 0.496 e. The average molecular weight is 259 g/mol. The zero-order chi connectivity index (χ0) is 13.8. The van der Waals surface area contributed by atoms with E-state index in [2.05, 4.69) is 19.2 Å². The van der Waals surface area contributed by atoms with Crippen molar-refractivity contribution in [2.24, 2.45) is 0 Å². The summed E-state index contributed by atoms with van der Waals surface area (Å²) in [6, 6.07) is 12.2. The molecule has 0 aromatic heterocycles. The van der Waals surface area contributed by atoms with Crippen molar-refractivity contribution in [3.8, 4) is 5.75 Å². The second-order valence-corrected chi connectivity index (χ2v) is 4.98. The molecule has 0 spiro atoms. The summed E-state index contributed by atoms with van der Waals surface area (Å²) in [5.41, 5.74) is 0.935. The van der Waals surface area contributed by atoms with Crippen LogP contribution in [0.4, 0.5) is 0 Å². The fourth-order valence-corrected chi connectivity index (χ4v) is 2.22. The van der Waals surface area contributed by atoms with Crippen molar-refractivity contribution < 1.29 is 9.84 Å². The first-order chi connectivity index (χ1) is 9.13. The van der Waals surface area contributed by atoms with E-state index in [4.69, 9.17) is 4.74 Å². The van der Waals surface area contributed by atoms with Crippen LogP contribution in [-0.4, -0.2) is 24.8 Å². The molecule has 19 heavy (non-hydrogen) atoms. The summed E-state index contributed by atoms with van der Waals surface area (Å²) in [4.78, 5) is 0. The Labute approximate surface area is 114 Å². The lowest BCUT2D eigenvalue weighted by Crippen LogP contribution is -2.28. The summed E-state index contributed by atoms with van der Waals surface area (Å²) in [5, 5.41) is 15.7. The smallest absolute Gasteiger partial charge is 0.126 e. The fraction of sp³-hybridized carbons (Fsp3) is 0.375. The van der Waals surface area contributed by atoms with Crippen molar-refractivity contribution in [1.82, 2.24) is 5.32 Å². The van der Waals surface area contributed by atoms with Crippen LogP contribution in [0.5, 0.6) is 5.75 Å². The molecule has 0 aliphatic heterocycles. The first-order valence-electron chi connectivity index (χ1n) is 6.60. The van der Waals surface area contributed by atoms with E-state index < -0.39 is 6.10 Å². The van der Waals surface area contributed by atoms with Gasteiger partial charge in [-0.25, -0.2) is 0 Å². The molecule has 2 aromatic rings. The molecule has 1 unspecified atom stereocenters. The molecule has 0 saturated heterocycles. The van der Waals surface area contributed by atoms with Crippen molar-refractivity contribution in [2.75, 3.05) is 13.7 Å². The Morgan fingerprint density at radius 2 is 1.79 bits per heavy atom. The average Bonchev–Trinajstić information content (AvgIpc) is 2.43. The standard InChI is InChI=1S/C16H21NO2/c1-11(2)17-10-15(18)13-8-9-16(19-3)14-7-5-4-6-12(13)14/h4-9,11,15,17-18H,10H2,1-3H3. The molecule has 3 heteroatoms. The van der Waals surface area contributed by atoms with E-state index in [9.17, 15) is 5.11 Å². The molecule has 0 aliphatic rings. The Morgan fingerprint density at radius 1 is 1.11 bits per heavy atom. The van der Waals surface area contributed by atoms with Crippen LogP contribution in [0, 0.1) is 0 Å². The molecule has 0 fully saturated rings. The molecule has 2 N–H and O–H groups in total. The molecule has 102 valence electrons. The Kier molecular flexibility index (Phi) is 4.40. The number of methoxy groups -OCH3 is 1. The maximum absolute atomic E-state index is 10.3. The van der Waals surface area contributed by atoms with Crippen molar-refractivity contribution in [3.05, 3.63) is 42.0 Å². The van der Waals surface area contributed by atoms with Crippen molar-refractivity contribution in [3.63, 3.8) is 0 Å². The highest BCUT2D eigenvalue weighted by atomic mass is 16.5. The Balaban J connectivity index is 2.38. The molecule has 3 nitrogen and oxygen atoms in total. The third-order valence-electron chi connectivity index (χ3n) is 3.22. The fourth-order valence-electron chi connectivity index (χ4n) is 2.22. The van der Waals surface area contributed by atoms with E-state index in [-0.39, 0.29) is 0 Å². The summed E-state index contributed by atoms with van der Waals surface area (Å²) in [7, 11) is 1.66. The molecule has 0 radical (unpaired) electrons. The molecule has 0 saturated carbocycles. The second kappa shape index (κ2) is 6.04. The summed E-state index contributed by atoms with van der Waals surface area (Å²) < 4.78 is 5.36. The number of rotatable bonds is 5. The van der Waals surface area contributed by atoms with E-state index >= 15 is 0 Å². The molecule has 0 amide bonds. The normalized spacial score (nSPS) is 12.9. The van der Waals surface area contributed by atoms with E-state index in [1.54, 1.807) is 7.11 Å². The quantitative estimate of drug-likeness (QED) is 0.867. The maximum atomic E-state index is 10.3. The van der Waals surface area contributed by atoms with Gasteiger partial charge in [-0.1, -0.05) is 44.2 Å². The van der Waals surface area contributed by atoms with Crippen molar-refractivity contribution in [1.29, 1.82) is 0 Å². The summed E-state index contributed by atoms with van der Waals surface area (Å²) in [5.74, 6) is 0.836. The highest BCUT2D eigenvalue weighted by Gasteiger charge is 2.13. The van der Waals surface area contributed by atoms with E-state index in [0.29, 0.717) is 12.6 Å². The van der Waals surface area contributed by atoms with Gasteiger partial charge in [0.25, 0.3) is 0 Å². The topological polar surface area (TPSA) is 41.5 Å². The number of hydrogen-bond acceptors (Lipinski definition) is 3. The minimum Gasteiger partial charge on any atom is -0.496 e. The summed E-state index contributed by atoms with van der Waals surface area (Å²) in [6.45, 7) is 4.69. The van der Waals surface area contributed by atoms with Gasteiger partial charge in [0.15, 0.2) is 0 Å². The molecule has 1 atom stereocenters. The number of nitrogens with one attached hydrogen (secondary N) is 1. The number of fused-ring (bicyclic) bond motifs is 1. The lowest BCUT2D eigenvalue weighted by Gasteiger charge is -2.17. The van der Waals surface area contributed by atoms with Gasteiger partial charge >= 0.3 is 0 Å². The molecule has 2 aromatic carbocycles. The lowest BCUT2D eigenvalue weighted by atomic mass is 9.99. The van der Waals surface area contributed by atoms with Crippen LogP contribution in [0.25, 0.3) is 10.8 Å². The highest BCUT2D eigenvalue weighted by molar-refractivity contribution is 5.91. The van der Waals surface area contributed by atoms with Gasteiger partial charge in [0.1, 0.15) is 5.75 Å². The third kappa shape index (κ3) is 3.06. The van der Waals surface area contributed by atoms with E-state index in [0.717, 1.165) is 22.1 Å². The van der Waals surface area contributed by atoms with E-state index in [1.165, 1.54) is 0 Å². The number of aliphatic hydroxyl groups excluding tert-OH is 1. The van der Waals surface area contributed by atoms with Crippen LogP contribution in [0.15, 0.2) is 36.4 Å². The van der Waals surface area contributed by atoms with Crippen molar-refractivity contribution in [2.45, 2.75) is 26.0 Å². The lowest BCUT2D eigenvalue weighted by molar-refractivity contribution is 0.173. The number of benzene rings is 2. The number of aliphatic hydroxyl groups is 1. The third-order valence-corrected chi connectivity index (χ3v) is 3.22.